The SMILES string of the molecule is N#COC(=O)Nc1cccc(Nc2ncc(C(N)=O)c(NCc3cccc(F)c3)n2)c1. The standard InChI is InChI=1S/C20H16FN7O3/c21-13-4-1-3-12(7-13)9-24-18-16(17(23)29)10-25-19(28-18)26-14-5-2-6-15(8-14)27-20(30)31-11-22/h1-8,10H,9H2,(H2,23,29)(H,27,30)(H2,24,25,26,28). The molecule has 3 aromatic rings. The van der Waals surface area contributed by atoms with E-state index in [1.165, 1.54) is 24.6 Å². The first kappa shape index (κ1) is 21.0. The van der Waals surface area contributed by atoms with E-state index in [2.05, 4.69) is 30.7 Å². The maximum atomic E-state index is 13.4. The number of aromatic nitrogens is 2. The molecule has 1 heterocycles. The summed E-state index contributed by atoms with van der Waals surface area (Å²) in [6.45, 7) is 0.203. The number of ether oxygens (including phenoxy) is 1. The zero-order valence-corrected chi connectivity index (χ0v) is 15.9. The number of primary amides is 1. The molecule has 0 aliphatic heterocycles. The molecule has 2 amide bonds. The van der Waals surface area contributed by atoms with E-state index in [9.17, 15) is 14.0 Å². The van der Waals surface area contributed by atoms with Crippen molar-refractivity contribution in [1.82, 2.24) is 9.97 Å². The molecule has 5 N–H and O–H groups in total. The monoisotopic (exact) mass is 421 g/mol. The molecule has 10 nitrogen and oxygen atoms in total. The maximum Gasteiger partial charge on any atom is 0.427 e. The summed E-state index contributed by atoms with van der Waals surface area (Å²) in [5.74, 6) is -0.799. The van der Waals surface area contributed by atoms with Gasteiger partial charge in [0.05, 0.1) is 5.56 Å². The average molecular weight is 421 g/mol. The molecule has 11 heteroatoms. The fraction of sp³-hybridized carbons (Fsp3) is 0.0500. The first-order valence-electron chi connectivity index (χ1n) is 8.84. The van der Waals surface area contributed by atoms with Crippen LogP contribution in [0.4, 0.5) is 32.3 Å². The van der Waals surface area contributed by atoms with Gasteiger partial charge in [0, 0.05) is 24.1 Å². The minimum atomic E-state index is -0.925. The molecular weight excluding hydrogens is 405 g/mol. The van der Waals surface area contributed by atoms with E-state index in [1.807, 2.05) is 0 Å². The van der Waals surface area contributed by atoms with Crippen LogP contribution in [-0.4, -0.2) is 22.0 Å². The van der Waals surface area contributed by atoms with Gasteiger partial charge >= 0.3 is 6.09 Å². The molecule has 156 valence electrons. The largest absolute Gasteiger partial charge is 0.427 e. The normalized spacial score (nSPS) is 9.94. The molecule has 0 fully saturated rings. The fourth-order valence-corrected chi connectivity index (χ4v) is 2.58. The quantitative estimate of drug-likeness (QED) is 0.424. The van der Waals surface area contributed by atoms with Crippen LogP contribution in [0.2, 0.25) is 0 Å². The van der Waals surface area contributed by atoms with Crippen LogP contribution < -0.4 is 21.7 Å². The number of anilines is 4. The lowest BCUT2D eigenvalue weighted by atomic mass is 10.2. The Hall–Kier alpha value is -4.72. The Morgan fingerprint density at radius 3 is 2.68 bits per heavy atom. The van der Waals surface area contributed by atoms with Crippen LogP contribution in [0.25, 0.3) is 0 Å². The van der Waals surface area contributed by atoms with Gasteiger partial charge in [-0.25, -0.2) is 14.2 Å². The van der Waals surface area contributed by atoms with Crippen LogP contribution in [-0.2, 0) is 11.3 Å². The van der Waals surface area contributed by atoms with Gasteiger partial charge in [0.2, 0.25) is 5.95 Å². The van der Waals surface area contributed by atoms with Crippen molar-refractivity contribution >= 4 is 35.1 Å². The summed E-state index contributed by atoms with van der Waals surface area (Å²) in [4.78, 5) is 31.4. The summed E-state index contributed by atoms with van der Waals surface area (Å²) in [6, 6.07) is 12.5. The van der Waals surface area contributed by atoms with Crippen LogP contribution >= 0.6 is 0 Å². The minimum absolute atomic E-state index is 0.0663. The molecule has 0 radical (unpaired) electrons. The van der Waals surface area contributed by atoms with Gasteiger partial charge in [-0.05, 0) is 35.9 Å². The highest BCUT2D eigenvalue weighted by Crippen LogP contribution is 2.21. The molecule has 0 unspecified atom stereocenters. The zero-order chi connectivity index (χ0) is 22.2. The summed E-state index contributed by atoms with van der Waals surface area (Å²) >= 11 is 0. The van der Waals surface area contributed by atoms with E-state index in [4.69, 9.17) is 11.0 Å². The molecule has 0 bridgehead atoms. The van der Waals surface area contributed by atoms with Crippen LogP contribution in [0.15, 0.2) is 54.7 Å². The first-order valence-corrected chi connectivity index (χ1v) is 8.84. The lowest BCUT2D eigenvalue weighted by Crippen LogP contribution is -2.17. The number of carbonyl (C=O) groups is 2. The molecule has 31 heavy (non-hydrogen) atoms. The number of nitriles is 1. The van der Waals surface area contributed by atoms with Gasteiger partial charge in [-0.1, -0.05) is 18.2 Å². The molecule has 0 saturated carbocycles. The van der Waals surface area contributed by atoms with Crippen molar-refractivity contribution < 1.29 is 18.7 Å². The maximum absolute atomic E-state index is 13.4. The summed E-state index contributed by atoms with van der Waals surface area (Å²) in [6.07, 6.45) is 1.61. The van der Waals surface area contributed by atoms with E-state index < -0.39 is 12.0 Å². The van der Waals surface area contributed by atoms with Crippen molar-refractivity contribution in [2.24, 2.45) is 5.73 Å². The number of rotatable bonds is 7. The zero-order valence-electron chi connectivity index (χ0n) is 15.9. The van der Waals surface area contributed by atoms with Crippen molar-refractivity contribution in [2.75, 3.05) is 16.0 Å². The van der Waals surface area contributed by atoms with E-state index >= 15 is 0 Å². The summed E-state index contributed by atoms with van der Waals surface area (Å²) in [7, 11) is 0. The summed E-state index contributed by atoms with van der Waals surface area (Å²) in [5, 5.41) is 16.6. The van der Waals surface area contributed by atoms with Crippen molar-refractivity contribution in [1.29, 1.82) is 5.26 Å². The smallest absolute Gasteiger partial charge is 0.365 e. The van der Waals surface area contributed by atoms with Crippen LogP contribution in [0.1, 0.15) is 15.9 Å². The second-order valence-corrected chi connectivity index (χ2v) is 6.12. The number of nitrogens with zero attached hydrogens (tertiary/aromatic N) is 3. The van der Waals surface area contributed by atoms with Crippen molar-refractivity contribution in [3.8, 4) is 6.26 Å². The Bertz CT molecular complexity index is 1160. The molecule has 0 aliphatic rings. The second kappa shape index (κ2) is 9.66. The van der Waals surface area contributed by atoms with Gasteiger partial charge in [0.25, 0.3) is 12.2 Å². The van der Waals surface area contributed by atoms with E-state index in [0.29, 0.717) is 16.9 Å². The third-order valence-electron chi connectivity index (χ3n) is 3.91. The summed E-state index contributed by atoms with van der Waals surface area (Å²) < 4.78 is 17.5. The third kappa shape index (κ3) is 5.88. The second-order valence-electron chi connectivity index (χ2n) is 6.12. The fourth-order valence-electron chi connectivity index (χ4n) is 2.58. The molecule has 2 aromatic carbocycles. The lowest BCUT2D eigenvalue weighted by molar-refractivity contribution is 0.100. The number of halogens is 1. The number of nitrogens with one attached hydrogen (secondary N) is 3. The predicted molar refractivity (Wildman–Crippen MR) is 110 cm³/mol. The van der Waals surface area contributed by atoms with E-state index in [0.717, 1.165) is 0 Å². The summed E-state index contributed by atoms with van der Waals surface area (Å²) in [5.41, 5.74) is 6.97. The highest BCUT2D eigenvalue weighted by atomic mass is 19.1. The van der Waals surface area contributed by atoms with Crippen molar-refractivity contribution in [3.05, 3.63) is 71.7 Å². The molecule has 0 aliphatic carbocycles. The predicted octanol–water partition coefficient (Wildman–Crippen LogP) is 3.10. The minimum Gasteiger partial charge on any atom is -0.365 e. The van der Waals surface area contributed by atoms with Gasteiger partial charge in [-0.2, -0.15) is 4.98 Å². The third-order valence-corrected chi connectivity index (χ3v) is 3.91. The van der Waals surface area contributed by atoms with Crippen LogP contribution in [0.3, 0.4) is 0 Å². The van der Waals surface area contributed by atoms with E-state index in [1.54, 1.807) is 36.4 Å². The lowest BCUT2D eigenvalue weighted by Gasteiger charge is -2.12. The highest BCUT2D eigenvalue weighted by molar-refractivity contribution is 5.97. The first-order chi connectivity index (χ1) is 14.9. The number of hydrogen-bond donors (Lipinski definition) is 4. The van der Waals surface area contributed by atoms with Crippen LogP contribution in [0.5, 0.6) is 0 Å². The van der Waals surface area contributed by atoms with Gasteiger partial charge < -0.3 is 21.1 Å². The molecule has 3 rings (SSSR count). The van der Waals surface area contributed by atoms with Crippen LogP contribution in [0, 0.1) is 17.3 Å². The van der Waals surface area contributed by atoms with Gasteiger partial charge in [0.15, 0.2) is 0 Å². The highest BCUT2D eigenvalue weighted by Gasteiger charge is 2.13. The average Bonchev–Trinajstić information content (AvgIpc) is 2.72. The van der Waals surface area contributed by atoms with Gasteiger partial charge in [-0.3, -0.25) is 10.1 Å². The Kier molecular flexibility index (Phi) is 6.54. The Morgan fingerprint density at radius 2 is 1.94 bits per heavy atom. The number of nitrogens with two attached hydrogens (primary N) is 1. The molecule has 1 aromatic heterocycles. The Morgan fingerprint density at radius 1 is 1.16 bits per heavy atom. The van der Waals surface area contributed by atoms with Crippen molar-refractivity contribution in [2.45, 2.75) is 6.54 Å². The molecule has 0 saturated heterocycles. The Labute approximate surface area is 175 Å². The van der Waals surface area contributed by atoms with Gasteiger partial charge in [-0.15, -0.1) is 5.26 Å². The Balaban J connectivity index is 1.78. The van der Waals surface area contributed by atoms with Crippen molar-refractivity contribution in [3.63, 3.8) is 0 Å². The number of amides is 2. The molecule has 0 spiro atoms. The van der Waals surface area contributed by atoms with Gasteiger partial charge in [0.1, 0.15) is 11.6 Å². The van der Waals surface area contributed by atoms with E-state index in [-0.39, 0.29) is 29.7 Å². The molecular formula is C20H16FN7O3. The number of benzene rings is 2. The number of carbonyl (C=O) groups excluding carboxylic acids is 2. The topological polar surface area (TPSA) is 155 Å². The molecule has 0 atom stereocenters. The number of hydrogen-bond acceptors (Lipinski definition) is 8.